The first kappa shape index (κ1) is 20.1. The second-order valence-corrected chi connectivity index (χ2v) is 7.11. The fourth-order valence-electron chi connectivity index (χ4n) is 1.92. The van der Waals surface area contributed by atoms with Crippen LogP contribution in [0, 0.1) is 6.92 Å². The van der Waals surface area contributed by atoms with Crippen LogP contribution in [0.3, 0.4) is 0 Å². The largest absolute Gasteiger partial charge is 0.452 e. The highest BCUT2D eigenvalue weighted by atomic mass is 32.2. The van der Waals surface area contributed by atoms with E-state index in [2.05, 4.69) is 20.9 Å². The first-order chi connectivity index (χ1) is 11.3. The zero-order valence-corrected chi connectivity index (χ0v) is 15.7. The Morgan fingerprint density at radius 2 is 1.88 bits per heavy atom. The number of amides is 1. The lowest BCUT2D eigenvalue weighted by atomic mass is 10.2. The summed E-state index contributed by atoms with van der Waals surface area (Å²) < 4.78 is 30.9. The summed E-state index contributed by atoms with van der Waals surface area (Å²) in [6, 6.07) is 4.75. The van der Waals surface area contributed by atoms with E-state index in [-0.39, 0.29) is 10.0 Å². The molecule has 0 radical (unpaired) electrons. The highest BCUT2D eigenvalue weighted by Gasteiger charge is 2.22. The van der Waals surface area contributed by atoms with Crippen LogP contribution in [0.2, 0.25) is 0 Å². The van der Waals surface area contributed by atoms with Crippen molar-refractivity contribution < 1.29 is 17.9 Å². The van der Waals surface area contributed by atoms with E-state index in [0.717, 1.165) is 5.56 Å². The summed E-state index contributed by atoms with van der Waals surface area (Å²) in [5.74, 6) is 0. The van der Waals surface area contributed by atoms with E-state index < -0.39 is 16.1 Å². The lowest BCUT2D eigenvalue weighted by Gasteiger charge is -2.20. The predicted molar refractivity (Wildman–Crippen MR) is 96.2 cm³/mol. The number of hydrazine groups is 1. The molecule has 1 aromatic rings. The average Bonchev–Trinajstić information content (AvgIpc) is 2.55. The Hall–Kier alpha value is -1.91. The summed E-state index contributed by atoms with van der Waals surface area (Å²) in [7, 11) is -2.34. The van der Waals surface area contributed by atoms with Gasteiger partial charge in [-0.15, -0.1) is 0 Å². The molecule has 0 atom stereocenters. The highest BCUT2D eigenvalue weighted by Crippen LogP contribution is 2.22. The molecular weight excluding hydrogens is 352 g/mol. The molecule has 3 N–H and O–H groups in total. The van der Waals surface area contributed by atoms with Gasteiger partial charge < -0.3 is 10.1 Å². The number of sulfonamides is 1. The third-order valence-electron chi connectivity index (χ3n) is 3.26. The molecule has 8 nitrogen and oxygen atoms in total. The Labute approximate surface area is 147 Å². The molecule has 0 aliphatic rings. The number of hydrogen-bond acceptors (Lipinski definition) is 5. The van der Waals surface area contributed by atoms with Crippen LogP contribution in [-0.4, -0.2) is 44.1 Å². The number of benzene rings is 1. The van der Waals surface area contributed by atoms with E-state index in [1.54, 1.807) is 26.0 Å². The highest BCUT2D eigenvalue weighted by molar-refractivity contribution is 7.89. The minimum atomic E-state index is -3.57. The van der Waals surface area contributed by atoms with Crippen LogP contribution in [0.1, 0.15) is 19.4 Å². The number of hydrogen-bond donors (Lipinski definition) is 3. The van der Waals surface area contributed by atoms with Crippen LogP contribution in [0.4, 0.5) is 10.5 Å². The van der Waals surface area contributed by atoms with Crippen LogP contribution in [0.5, 0.6) is 0 Å². The Morgan fingerprint density at radius 1 is 1.25 bits per heavy atom. The van der Waals surface area contributed by atoms with E-state index in [1.807, 2.05) is 6.92 Å². The molecule has 0 fully saturated rings. The van der Waals surface area contributed by atoms with Crippen LogP contribution >= 0.6 is 12.2 Å². The average molecular weight is 374 g/mol. The van der Waals surface area contributed by atoms with Crippen molar-refractivity contribution in [2.45, 2.75) is 25.7 Å². The molecule has 24 heavy (non-hydrogen) atoms. The Balaban J connectivity index is 2.98. The van der Waals surface area contributed by atoms with Gasteiger partial charge in [0.05, 0.1) is 12.0 Å². The van der Waals surface area contributed by atoms with Gasteiger partial charge in [-0.1, -0.05) is 19.9 Å². The standard InChI is InChI=1S/C14H22N4O4S2/c1-5-18(6-2)24(20,21)11-8-7-10(3)12(9-11)15-13(23)16-17-14(19)22-4/h7-9H,5-6H2,1-4H3,(H,17,19)(H2,15,16,23). The van der Waals surface area contributed by atoms with Crippen LogP contribution in [-0.2, 0) is 14.8 Å². The molecule has 0 bridgehead atoms. The first-order valence-electron chi connectivity index (χ1n) is 7.28. The van der Waals surface area contributed by atoms with E-state index in [4.69, 9.17) is 12.2 Å². The van der Waals surface area contributed by atoms with Gasteiger partial charge in [-0.2, -0.15) is 4.31 Å². The van der Waals surface area contributed by atoms with Gasteiger partial charge in [-0.3, -0.25) is 5.43 Å². The van der Waals surface area contributed by atoms with Crippen molar-refractivity contribution in [3.63, 3.8) is 0 Å². The van der Waals surface area contributed by atoms with Gasteiger partial charge in [0.2, 0.25) is 10.0 Å². The Kier molecular flexibility index (Phi) is 7.39. The van der Waals surface area contributed by atoms with Crippen molar-refractivity contribution in [1.29, 1.82) is 0 Å². The van der Waals surface area contributed by atoms with Crippen LogP contribution < -0.4 is 16.2 Å². The fraction of sp³-hybridized carbons (Fsp3) is 0.429. The quantitative estimate of drug-likeness (QED) is 0.531. The van der Waals surface area contributed by atoms with Crippen molar-refractivity contribution in [2.24, 2.45) is 0 Å². The molecule has 1 amide bonds. The van der Waals surface area contributed by atoms with Gasteiger partial charge in [0.15, 0.2) is 5.11 Å². The third-order valence-corrected chi connectivity index (χ3v) is 5.51. The maximum Gasteiger partial charge on any atom is 0.425 e. The smallest absolute Gasteiger partial charge is 0.425 e. The molecule has 0 spiro atoms. The van der Waals surface area contributed by atoms with E-state index >= 15 is 0 Å². The van der Waals surface area contributed by atoms with Gasteiger partial charge in [-0.25, -0.2) is 18.6 Å². The summed E-state index contributed by atoms with van der Waals surface area (Å²) in [6.45, 7) is 6.15. The third kappa shape index (κ3) is 5.05. The van der Waals surface area contributed by atoms with Gasteiger partial charge in [0.25, 0.3) is 0 Å². The number of aryl methyl sites for hydroxylation is 1. The first-order valence-corrected chi connectivity index (χ1v) is 9.12. The van der Waals surface area contributed by atoms with Crippen molar-refractivity contribution in [2.75, 3.05) is 25.5 Å². The van der Waals surface area contributed by atoms with Crippen molar-refractivity contribution >= 4 is 39.1 Å². The molecular formula is C14H22N4O4S2. The van der Waals surface area contributed by atoms with E-state index in [0.29, 0.717) is 18.8 Å². The summed E-state index contributed by atoms with van der Waals surface area (Å²) in [4.78, 5) is 11.2. The zero-order chi connectivity index (χ0) is 18.3. The minimum absolute atomic E-state index is 0.0980. The molecule has 0 unspecified atom stereocenters. The Bertz CT molecular complexity index is 703. The molecule has 10 heteroatoms. The number of thiocarbonyl (C=S) groups is 1. The molecule has 0 aliphatic heterocycles. The summed E-state index contributed by atoms with van der Waals surface area (Å²) in [5.41, 5.74) is 5.98. The van der Waals surface area contributed by atoms with Crippen LogP contribution in [0.15, 0.2) is 23.1 Å². The van der Waals surface area contributed by atoms with Crippen LogP contribution in [0.25, 0.3) is 0 Å². The van der Waals surface area contributed by atoms with Gasteiger partial charge in [0.1, 0.15) is 0 Å². The second kappa shape index (κ2) is 8.81. The Morgan fingerprint density at radius 3 is 2.42 bits per heavy atom. The maximum absolute atomic E-state index is 12.6. The van der Waals surface area contributed by atoms with Crippen molar-refractivity contribution in [3.8, 4) is 0 Å². The number of anilines is 1. The summed E-state index contributed by atoms with van der Waals surface area (Å²) in [5, 5.41) is 2.94. The van der Waals surface area contributed by atoms with Gasteiger partial charge in [0, 0.05) is 18.8 Å². The molecule has 0 saturated heterocycles. The normalized spacial score (nSPS) is 11.0. The van der Waals surface area contributed by atoms with Crippen molar-refractivity contribution in [1.82, 2.24) is 15.2 Å². The predicted octanol–water partition coefficient (Wildman–Crippen LogP) is 1.58. The number of ether oxygens (including phenoxy) is 1. The lowest BCUT2D eigenvalue weighted by molar-refractivity contribution is 0.169. The van der Waals surface area contributed by atoms with E-state index in [1.165, 1.54) is 17.5 Å². The number of carbonyl (C=O) groups is 1. The molecule has 134 valence electrons. The molecule has 1 rings (SSSR count). The number of carbonyl (C=O) groups excluding carboxylic acids is 1. The van der Waals surface area contributed by atoms with Crippen molar-refractivity contribution in [3.05, 3.63) is 23.8 Å². The molecule has 0 saturated carbocycles. The molecule has 0 heterocycles. The summed E-state index contributed by atoms with van der Waals surface area (Å²) in [6.07, 6.45) is -0.700. The fourth-order valence-corrected chi connectivity index (χ4v) is 3.57. The molecule has 0 aromatic heterocycles. The monoisotopic (exact) mass is 374 g/mol. The SMILES string of the molecule is CCN(CC)S(=O)(=O)c1ccc(C)c(NC(=S)NNC(=O)OC)c1. The summed E-state index contributed by atoms with van der Waals surface area (Å²) >= 11 is 5.04. The lowest BCUT2D eigenvalue weighted by Crippen LogP contribution is -2.43. The van der Waals surface area contributed by atoms with E-state index in [9.17, 15) is 13.2 Å². The number of nitrogens with zero attached hydrogens (tertiary/aromatic N) is 1. The van der Waals surface area contributed by atoms with Gasteiger partial charge >= 0.3 is 6.09 Å². The van der Waals surface area contributed by atoms with Gasteiger partial charge in [-0.05, 0) is 36.8 Å². The number of nitrogens with one attached hydrogen (secondary N) is 3. The number of rotatable bonds is 5. The molecule has 0 aliphatic carbocycles. The molecule has 1 aromatic carbocycles. The second-order valence-electron chi connectivity index (χ2n) is 4.76. The topological polar surface area (TPSA) is 99.8 Å². The zero-order valence-electron chi connectivity index (χ0n) is 14.0. The minimum Gasteiger partial charge on any atom is -0.452 e. The maximum atomic E-state index is 12.6. The number of methoxy groups -OCH3 is 1.